The summed E-state index contributed by atoms with van der Waals surface area (Å²) in [4.78, 5) is 16.0. The highest BCUT2D eigenvalue weighted by atomic mass is 19.1. The number of hydrogen-bond donors (Lipinski definition) is 1. The van der Waals surface area contributed by atoms with E-state index in [-0.39, 0.29) is 29.3 Å². The average Bonchev–Trinajstić information content (AvgIpc) is 3.28. The predicted octanol–water partition coefficient (Wildman–Crippen LogP) is 3.70. The van der Waals surface area contributed by atoms with Crippen molar-refractivity contribution in [2.75, 3.05) is 0 Å². The second-order valence-corrected chi connectivity index (χ2v) is 6.06. The van der Waals surface area contributed by atoms with Gasteiger partial charge in [0, 0.05) is 29.5 Å². The van der Waals surface area contributed by atoms with Crippen LogP contribution in [0.2, 0.25) is 0 Å². The van der Waals surface area contributed by atoms with E-state index in [2.05, 4.69) is 25.0 Å². The van der Waals surface area contributed by atoms with E-state index in [0.29, 0.717) is 16.9 Å². The second kappa shape index (κ2) is 5.94. The third-order valence-electron chi connectivity index (χ3n) is 4.37. The Bertz CT molecular complexity index is 1290. The number of rotatable bonds is 3. The molecule has 0 aliphatic heterocycles. The molecule has 0 saturated carbocycles. The van der Waals surface area contributed by atoms with Gasteiger partial charge in [-0.25, -0.2) is 28.4 Å². The minimum absolute atomic E-state index is 0.115. The van der Waals surface area contributed by atoms with Crippen LogP contribution in [-0.4, -0.2) is 29.7 Å². The molecule has 0 saturated heterocycles. The lowest BCUT2D eigenvalue weighted by molar-refractivity contribution is 0.589. The van der Waals surface area contributed by atoms with Crippen LogP contribution in [0.15, 0.2) is 55.0 Å². The monoisotopic (exact) mass is 362 g/mol. The molecule has 1 N–H and O–H groups in total. The van der Waals surface area contributed by atoms with Crippen LogP contribution in [-0.2, 0) is 6.54 Å². The number of aromatic amines is 1. The Kier molecular flexibility index (Phi) is 3.43. The van der Waals surface area contributed by atoms with Gasteiger partial charge in [-0.15, -0.1) is 0 Å². The van der Waals surface area contributed by atoms with Gasteiger partial charge in [-0.05, 0) is 18.2 Å². The molecule has 0 amide bonds. The van der Waals surface area contributed by atoms with Crippen LogP contribution in [0.3, 0.4) is 0 Å². The smallest absolute Gasteiger partial charge is 0.182 e. The first-order valence-electron chi connectivity index (χ1n) is 8.25. The van der Waals surface area contributed by atoms with E-state index >= 15 is 0 Å². The summed E-state index contributed by atoms with van der Waals surface area (Å²) in [6, 6.07) is 9.48. The fraction of sp³-hybridized carbons (Fsp3) is 0.0526. The van der Waals surface area contributed by atoms with Crippen LogP contribution in [0, 0.1) is 11.6 Å². The van der Waals surface area contributed by atoms with E-state index in [9.17, 15) is 8.78 Å². The Morgan fingerprint density at radius 2 is 1.89 bits per heavy atom. The molecule has 5 aromatic rings. The summed E-state index contributed by atoms with van der Waals surface area (Å²) in [5.41, 5.74) is 1.63. The Hall–Kier alpha value is -3.68. The van der Waals surface area contributed by atoms with Crippen molar-refractivity contribution in [3.8, 4) is 11.5 Å². The molecule has 0 aliphatic carbocycles. The molecular weight excluding hydrogens is 350 g/mol. The Morgan fingerprint density at radius 1 is 1.00 bits per heavy atom. The molecule has 0 unspecified atom stereocenters. The molecular formula is C19H12F2N6. The molecule has 0 aliphatic rings. The first-order valence-corrected chi connectivity index (χ1v) is 8.25. The van der Waals surface area contributed by atoms with Gasteiger partial charge in [0.05, 0.1) is 11.9 Å². The highest BCUT2D eigenvalue weighted by Gasteiger charge is 2.20. The third kappa shape index (κ3) is 2.53. The van der Waals surface area contributed by atoms with Crippen molar-refractivity contribution in [2.24, 2.45) is 0 Å². The largest absolute Gasteiger partial charge is 0.346 e. The maximum Gasteiger partial charge on any atom is 0.182 e. The molecule has 6 nitrogen and oxygen atoms in total. The molecule has 27 heavy (non-hydrogen) atoms. The van der Waals surface area contributed by atoms with Crippen molar-refractivity contribution in [2.45, 2.75) is 6.54 Å². The summed E-state index contributed by atoms with van der Waals surface area (Å²) in [5.74, 6) is -0.567. The topological polar surface area (TPSA) is 72.3 Å². The van der Waals surface area contributed by atoms with Crippen LogP contribution < -0.4 is 0 Å². The van der Waals surface area contributed by atoms with Gasteiger partial charge < -0.3 is 4.98 Å². The van der Waals surface area contributed by atoms with E-state index in [0.717, 1.165) is 5.39 Å². The second-order valence-electron chi connectivity index (χ2n) is 6.06. The van der Waals surface area contributed by atoms with Crippen LogP contribution in [0.25, 0.3) is 33.6 Å². The molecule has 4 heterocycles. The van der Waals surface area contributed by atoms with E-state index in [1.165, 1.54) is 23.0 Å². The molecule has 132 valence electrons. The van der Waals surface area contributed by atoms with E-state index < -0.39 is 5.82 Å². The molecule has 0 radical (unpaired) electrons. The van der Waals surface area contributed by atoms with Gasteiger partial charge in [0.2, 0.25) is 0 Å². The van der Waals surface area contributed by atoms with Gasteiger partial charge in [-0.2, -0.15) is 5.10 Å². The lowest BCUT2D eigenvalue weighted by atomic mass is 10.2. The highest BCUT2D eigenvalue weighted by molar-refractivity contribution is 5.90. The number of halogens is 2. The van der Waals surface area contributed by atoms with Crippen LogP contribution in [0.1, 0.15) is 5.56 Å². The number of aromatic nitrogens is 6. The normalized spacial score (nSPS) is 11.5. The third-order valence-corrected chi connectivity index (χ3v) is 4.37. The van der Waals surface area contributed by atoms with Crippen molar-refractivity contribution >= 4 is 22.1 Å². The Balaban J connectivity index is 1.72. The summed E-state index contributed by atoms with van der Waals surface area (Å²) in [6.45, 7) is 0.115. The van der Waals surface area contributed by atoms with Crippen molar-refractivity contribution in [3.05, 3.63) is 72.2 Å². The molecule has 0 fully saturated rings. The number of nitrogens with one attached hydrogen (secondary N) is 1. The first-order chi connectivity index (χ1) is 13.2. The van der Waals surface area contributed by atoms with Crippen LogP contribution >= 0.6 is 0 Å². The maximum atomic E-state index is 14.6. The van der Waals surface area contributed by atoms with E-state index in [1.54, 1.807) is 30.6 Å². The Labute approximate surface area is 151 Å². The molecule has 8 heteroatoms. The lowest BCUT2D eigenvalue weighted by Gasteiger charge is -2.04. The zero-order valence-electron chi connectivity index (χ0n) is 13.9. The summed E-state index contributed by atoms with van der Waals surface area (Å²) in [7, 11) is 0. The van der Waals surface area contributed by atoms with Gasteiger partial charge >= 0.3 is 0 Å². The maximum absolute atomic E-state index is 14.6. The standard InChI is InChI=1S/C19H12F2N6/c20-13-4-2-1-3-12(13)10-27-19-15(14(21)6-8-23-19)16(26-27)18-24-9-11-5-7-22-17(11)25-18/h1-9H,10H2,(H,22,24,25). The molecule has 1 aromatic carbocycles. The van der Waals surface area contributed by atoms with Crippen molar-refractivity contribution in [3.63, 3.8) is 0 Å². The average molecular weight is 362 g/mol. The van der Waals surface area contributed by atoms with Gasteiger partial charge in [-0.3, -0.25) is 0 Å². The first kappa shape index (κ1) is 15.6. The van der Waals surface area contributed by atoms with Crippen LogP contribution in [0.4, 0.5) is 8.78 Å². The quantitative estimate of drug-likeness (QED) is 0.531. The SMILES string of the molecule is Fc1ccccc1Cn1nc(-c2ncc3cc[nH]c3n2)c2c(F)ccnc21. The number of benzene rings is 1. The molecule has 4 aromatic heterocycles. The predicted molar refractivity (Wildman–Crippen MR) is 95.9 cm³/mol. The minimum Gasteiger partial charge on any atom is -0.346 e. The number of H-pyrrole nitrogens is 1. The van der Waals surface area contributed by atoms with Crippen molar-refractivity contribution in [1.29, 1.82) is 0 Å². The number of pyridine rings is 1. The van der Waals surface area contributed by atoms with Crippen molar-refractivity contribution in [1.82, 2.24) is 29.7 Å². The van der Waals surface area contributed by atoms with Crippen LogP contribution in [0.5, 0.6) is 0 Å². The summed E-state index contributed by atoms with van der Waals surface area (Å²) < 4.78 is 30.1. The van der Waals surface area contributed by atoms with E-state index in [1.807, 2.05) is 6.07 Å². The molecule has 5 rings (SSSR count). The van der Waals surface area contributed by atoms with Gasteiger partial charge in [-0.1, -0.05) is 18.2 Å². The molecule has 0 spiro atoms. The highest BCUT2D eigenvalue weighted by Crippen LogP contribution is 2.28. The van der Waals surface area contributed by atoms with Gasteiger partial charge in [0.25, 0.3) is 0 Å². The summed E-state index contributed by atoms with van der Waals surface area (Å²) in [6.07, 6.45) is 4.75. The number of hydrogen-bond acceptors (Lipinski definition) is 4. The summed E-state index contributed by atoms with van der Waals surface area (Å²) in [5, 5.41) is 5.50. The lowest BCUT2D eigenvalue weighted by Crippen LogP contribution is -2.04. The van der Waals surface area contributed by atoms with Gasteiger partial charge in [0.1, 0.15) is 23.0 Å². The number of fused-ring (bicyclic) bond motifs is 2. The fourth-order valence-corrected chi connectivity index (χ4v) is 3.07. The minimum atomic E-state index is -0.482. The number of nitrogens with zero attached hydrogens (tertiary/aromatic N) is 5. The Morgan fingerprint density at radius 3 is 2.78 bits per heavy atom. The van der Waals surface area contributed by atoms with E-state index in [4.69, 9.17) is 0 Å². The zero-order valence-corrected chi connectivity index (χ0v) is 13.9. The van der Waals surface area contributed by atoms with Gasteiger partial charge in [0.15, 0.2) is 11.5 Å². The molecule has 0 bridgehead atoms. The summed E-state index contributed by atoms with van der Waals surface area (Å²) >= 11 is 0. The zero-order chi connectivity index (χ0) is 18.4. The van der Waals surface area contributed by atoms with Crippen molar-refractivity contribution < 1.29 is 8.78 Å². The fourth-order valence-electron chi connectivity index (χ4n) is 3.07. The molecule has 0 atom stereocenters.